The van der Waals surface area contributed by atoms with E-state index in [0.717, 1.165) is 11.3 Å². The van der Waals surface area contributed by atoms with Crippen molar-refractivity contribution >= 4 is 27.6 Å². The summed E-state index contributed by atoms with van der Waals surface area (Å²) in [7, 11) is 0. The summed E-state index contributed by atoms with van der Waals surface area (Å²) in [6.07, 6.45) is 3.58. The molecule has 0 bridgehead atoms. The summed E-state index contributed by atoms with van der Waals surface area (Å²) in [5, 5.41) is 9.58. The Labute approximate surface area is 146 Å². The number of carbonyl (C=O) groups is 1. The van der Waals surface area contributed by atoms with E-state index in [4.69, 9.17) is 0 Å². The maximum Gasteiger partial charge on any atom is 0.319 e. The van der Waals surface area contributed by atoms with Crippen molar-refractivity contribution in [2.24, 2.45) is 0 Å². The molecule has 0 aliphatic heterocycles. The zero-order valence-corrected chi connectivity index (χ0v) is 14.1. The van der Waals surface area contributed by atoms with E-state index in [-0.39, 0.29) is 11.8 Å². The summed E-state index contributed by atoms with van der Waals surface area (Å²) < 4.78 is 15.3. The number of anilines is 1. The standard InChI is InChI=1S/C17H14BrFN4O/c18-15-10-13(19)4-7-16(15)22-17(24)20-11-12-2-5-14(6-3-12)23-9-1-8-21-23/h1-10H,11H2,(H2,20,22,24). The summed E-state index contributed by atoms with van der Waals surface area (Å²) >= 11 is 3.21. The second kappa shape index (κ2) is 7.27. The molecule has 0 atom stereocenters. The first-order valence-electron chi connectivity index (χ1n) is 7.21. The molecule has 1 heterocycles. The Morgan fingerprint density at radius 2 is 2.00 bits per heavy atom. The second-order valence-electron chi connectivity index (χ2n) is 5.05. The minimum atomic E-state index is -0.370. The number of halogens is 2. The summed E-state index contributed by atoms with van der Waals surface area (Å²) in [5.74, 6) is -0.370. The lowest BCUT2D eigenvalue weighted by atomic mass is 10.2. The molecule has 2 N–H and O–H groups in total. The monoisotopic (exact) mass is 388 g/mol. The Balaban J connectivity index is 1.56. The lowest BCUT2D eigenvalue weighted by Crippen LogP contribution is -2.28. The van der Waals surface area contributed by atoms with Crippen LogP contribution in [-0.4, -0.2) is 15.8 Å². The number of hydrogen-bond donors (Lipinski definition) is 2. The van der Waals surface area contributed by atoms with Crippen molar-refractivity contribution in [3.8, 4) is 5.69 Å². The number of nitrogens with zero attached hydrogens (tertiary/aromatic N) is 2. The summed E-state index contributed by atoms with van der Waals surface area (Å²) in [5.41, 5.74) is 2.41. The molecule has 0 spiro atoms. The first-order valence-corrected chi connectivity index (χ1v) is 8.00. The third kappa shape index (κ3) is 3.99. The third-order valence-electron chi connectivity index (χ3n) is 3.34. The first-order chi connectivity index (χ1) is 11.6. The van der Waals surface area contributed by atoms with Crippen molar-refractivity contribution in [3.05, 3.63) is 76.8 Å². The van der Waals surface area contributed by atoms with Crippen molar-refractivity contribution in [1.82, 2.24) is 15.1 Å². The smallest absolute Gasteiger partial charge is 0.319 e. The summed E-state index contributed by atoms with van der Waals surface area (Å²) in [4.78, 5) is 11.9. The summed E-state index contributed by atoms with van der Waals surface area (Å²) in [6, 6.07) is 13.3. The van der Waals surface area contributed by atoms with Crippen LogP contribution in [0.5, 0.6) is 0 Å². The van der Waals surface area contributed by atoms with Crippen LogP contribution in [0.4, 0.5) is 14.9 Å². The molecule has 24 heavy (non-hydrogen) atoms. The van der Waals surface area contributed by atoms with Crippen molar-refractivity contribution in [3.63, 3.8) is 0 Å². The fourth-order valence-electron chi connectivity index (χ4n) is 2.13. The van der Waals surface area contributed by atoms with Crippen LogP contribution in [0, 0.1) is 5.82 Å². The quantitative estimate of drug-likeness (QED) is 0.706. The molecule has 3 rings (SSSR count). The number of carbonyl (C=O) groups excluding carboxylic acids is 1. The summed E-state index contributed by atoms with van der Waals surface area (Å²) in [6.45, 7) is 0.379. The zero-order valence-electron chi connectivity index (χ0n) is 12.5. The largest absolute Gasteiger partial charge is 0.334 e. The molecule has 0 saturated carbocycles. The minimum absolute atomic E-state index is 0.363. The van der Waals surface area contributed by atoms with Gasteiger partial charge in [0.05, 0.1) is 11.4 Å². The van der Waals surface area contributed by atoms with Gasteiger partial charge in [0, 0.05) is 23.4 Å². The first kappa shape index (κ1) is 16.2. The van der Waals surface area contributed by atoms with Gasteiger partial charge in [0.2, 0.25) is 0 Å². The molecule has 0 saturated heterocycles. The van der Waals surface area contributed by atoms with Crippen LogP contribution in [0.25, 0.3) is 5.69 Å². The zero-order chi connectivity index (χ0) is 16.9. The maximum atomic E-state index is 13.0. The Morgan fingerprint density at radius 1 is 1.21 bits per heavy atom. The molecule has 1 aromatic heterocycles. The Morgan fingerprint density at radius 3 is 2.67 bits per heavy atom. The van der Waals surface area contributed by atoms with E-state index in [1.165, 1.54) is 18.2 Å². The van der Waals surface area contributed by atoms with Gasteiger partial charge in [-0.05, 0) is 57.9 Å². The SMILES string of the molecule is O=C(NCc1ccc(-n2cccn2)cc1)Nc1ccc(F)cc1Br. The van der Waals surface area contributed by atoms with Crippen LogP contribution >= 0.6 is 15.9 Å². The predicted octanol–water partition coefficient (Wildman–Crippen LogP) is 4.10. The topological polar surface area (TPSA) is 59.0 Å². The predicted molar refractivity (Wildman–Crippen MR) is 93.5 cm³/mol. The van der Waals surface area contributed by atoms with Gasteiger partial charge in [-0.25, -0.2) is 13.9 Å². The highest BCUT2D eigenvalue weighted by Crippen LogP contribution is 2.22. The number of hydrogen-bond acceptors (Lipinski definition) is 2. The van der Waals surface area contributed by atoms with E-state index in [9.17, 15) is 9.18 Å². The van der Waals surface area contributed by atoms with Gasteiger partial charge in [0.15, 0.2) is 0 Å². The third-order valence-corrected chi connectivity index (χ3v) is 3.99. The average Bonchev–Trinajstić information content (AvgIpc) is 3.11. The Hall–Kier alpha value is -2.67. The van der Waals surface area contributed by atoms with Gasteiger partial charge in [0.1, 0.15) is 5.82 Å². The number of urea groups is 1. The molecule has 0 fully saturated rings. The normalized spacial score (nSPS) is 10.4. The average molecular weight is 389 g/mol. The van der Waals surface area contributed by atoms with Crippen molar-refractivity contribution in [2.75, 3.05) is 5.32 Å². The minimum Gasteiger partial charge on any atom is -0.334 e. The Bertz CT molecular complexity index is 834. The van der Waals surface area contributed by atoms with Crippen LogP contribution in [0.1, 0.15) is 5.56 Å². The molecule has 2 amide bonds. The fourth-order valence-corrected chi connectivity index (χ4v) is 2.58. The van der Waals surface area contributed by atoms with Gasteiger partial charge in [-0.15, -0.1) is 0 Å². The highest BCUT2D eigenvalue weighted by molar-refractivity contribution is 9.10. The van der Waals surface area contributed by atoms with Crippen molar-refractivity contribution < 1.29 is 9.18 Å². The fraction of sp³-hybridized carbons (Fsp3) is 0.0588. The van der Waals surface area contributed by atoms with Crippen LogP contribution in [-0.2, 0) is 6.54 Å². The van der Waals surface area contributed by atoms with Gasteiger partial charge in [-0.3, -0.25) is 0 Å². The molecule has 7 heteroatoms. The van der Waals surface area contributed by atoms with Crippen LogP contribution in [0.15, 0.2) is 65.4 Å². The van der Waals surface area contributed by atoms with E-state index < -0.39 is 0 Å². The van der Waals surface area contributed by atoms with Gasteiger partial charge in [0.25, 0.3) is 0 Å². The van der Waals surface area contributed by atoms with Crippen molar-refractivity contribution in [2.45, 2.75) is 6.54 Å². The molecule has 122 valence electrons. The number of benzene rings is 2. The number of amides is 2. The van der Waals surface area contributed by atoms with Crippen LogP contribution < -0.4 is 10.6 Å². The molecule has 0 unspecified atom stereocenters. The van der Waals surface area contributed by atoms with Gasteiger partial charge in [-0.1, -0.05) is 12.1 Å². The van der Waals surface area contributed by atoms with Gasteiger partial charge >= 0.3 is 6.03 Å². The van der Waals surface area contributed by atoms with Crippen molar-refractivity contribution in [1.29, 1.82) is 0 Å². The molecule has 2 aromatic carbocycles. The Kier molecular flexibility index (Phi) is 4.90. The van der Waals surface area contributed by atoms with E-state index in [2.05, 4.69) is 31.7 Å². The lowest BCUT2D eigenvalue weighted by Gasteiger charge is -2.10. The number of nitrogens with one attached hydrogen (secondary N) is 2. The van der Waals surface area contributed by atoms with Crippen LogP contribution in [0.2, 0.25) is 0 Å². The molecule has 0 radical (unpaired) electrons. The van der Waals surface area contributed by atoms with Crippen LogP contribution in [0.3, 0.4) is 0 Å². The number of aromatic nitrogens is 2. The molecule has 0 aliphatic carbocycles. The molecule has 0 aliphatic rings. The second-order valence-corrected chi connectivity index (χ2v) is 5.90. The van der Waals surface area contributed by atoms with E-state index >= 15 is 0 Å². The maximum absolute atomic E-state index is 13.0. The molecule has 5 nitrogen and oxygen atoms in total. The van der Waals surface area contributed by atoms with E-state index in [0.29, 0.717) is 16.7 Å². The van der Waals surface area contributed by atoms with Gasteiger partial charge < -0.3 is 10.6 Å². The highest BCUT2D eigenvalue weighted by Gasteiger charge is 2.06. The highest BCUT2D eigenvalue weighted by atomic mass is 79.9. The lowest BCUT2D eigenvalue weighted by molar-refractivity contribution is 0.251. The van der Waals surface area contributed by atoms with E-state index in [1.54, 1.807) is 10.9 Å². The van der Waals surface area contributed by atoms with E-state index in [1.807, 2.05) is 36.5 Å². The molecular weight excluding hydrogens is 375 g/mol. The van der Waals surface area contributed by atoms with Gasteiger partial charge in [-0.2, -0.15) is 5.10 Å². The molecular formula is C17H14BrFN4O. The molecule has 3 aromatic rings. The number of rotatable bonds is 4.